The lowest BCUT2D eigenvalue weighted by Gasteiger charge is -2.08. The predicted octanol–water partition coefficient (Wildman–Crippen LogP) is 3.70. The summed E-state index contributed by atoms with van der Waals surface area (Å²) in [4.78, 5) is 22.6. The zero-order valence-corrected chi connectivity index (χ0v) is 14.2. The number of amides is 2. The monoisotopic (exact) mass is 417 g/mol. The zero-order chi connectivity index (χ0) is 18.6. The van der Waals surface area contributed by atoms with Crippen LogP contribution in [0.4, 0.5) is 18.9 Å². The highest BCUT2D eigenvalue weighted by Crippen LogP contribution is 2.19. The molecule has 0 aliphatic rings. The lowest BCUT2D eigenvalue weighted by molar-refractivity contribution is -0.167. The van der Waals surface area contributed by atoms with Crippen molar-refractivity contribution < 1.29 is 27.2 Å². The topological polar surface area (TPSA) is 83.7 Å². The summed E-state index contributed by atoms with van der Waals surface area (Å²) < 4.78 is 42.0. The van der Waals surface area contributed by atoms with Crippen molar-refractivity contribution in [3.8, 4) is 0 Å². The molecule has 2 amide bonds. The number of hydrazone groups is 1. The van der Waals surface area contributed by atoms with Crippen molar-refractivity contribution in [3.63, 3.8) is 0 Å². The standard InChI is InChI=1S/C15H11BrF3N3O3/c1-8(21-22-13(23)11-6-7-12(16)25-11)9-2-4-10(5-3-9)20-14(24)15(17,18)19/h2-7H,1H3,(H,20,24)(H,22,23). The smallest absolute Gasteiger partial charge is 0.444 e. The predicted molar refractivity (Wildman–Crippen MR) is 87.2 cm³/mol. The third-order valence-corrected chi connectivity index (χ3v) is 3.37. The molecule has 25 heavy (non-hydrogen) atoms. The molecular weight excluding hydrogens is 407 g/mol. The number of rotatable bonds is 4. The molecule has 0 fully saturated rings. The van der Waals surface area contributed by atoms with Crippen molar-refractivity contribution in [2.75, 3.05) is 5.32 Å². The van der Waals surface area contributed by atoms with Crippen LogP contribution in [0.15, 0.2) is 50.6 Å². The maximum atomic E-state index is 12.2. The highest BCUT2D eigenvalue weighted by Gasteiger charge is 2.38. The van der Waals surface area contributed by atoms with E-state index >= 15 is 0 Å². The fraction of sp³-hybridized carbons (Fsp3) is 0.133. The maximum absolute atomic E-state index is 12.2. The van der Waals surface area contributed by atoms with Gasteiger partial charge < -0.3 is 9.73 Å². The second kappa shape index (κ2) is 7.51. The summed E-state index contributed by atoms with van der Waals surface area (Å²) in [6.45, 7) is 1.60. The van der Waals surface area contributed by atoms with Crippen LogP contribution in [0.5, 0.6) is 0 Å². The Bertz CT molecular complexity index is 813. The van der Waals surface area contributed by atoms with Crippen LogP contribution in [0.3, 0.4) is 0 Å². The zero-order valence-electron chi connectivity index (χ0n) is 12.6. The molecule has 1 aromatic carbocycles. The summed E-state index contributed by atoms with van der Waals surface area (Å²) in [7, 11) is 0. The van der Waals surface area contributed by atoms with Gasteiger partial charge in [-0.25, -0.2) is 5.43 Å². The maximum Gasteiger partial charge on any atom is 0.471 e. The SMILES string of the molecule is CC(=NNC(=O)c1ccc(Br)o1)c1ccc(NC(=O)C(F)(F)F)cc1. The van der Waals surface area contributed by atoms with E-state index in [0.717, 1.165) is 0 Å². The van der Waals surface area contributed by atoms with Gasteiger partial charge in [-0.05, 0) is 52.7 Å². The largest absolute Gasteiger partial charge is 0.471 e. The summed E-state index contributed by atoms with van der Waals surface area (Å²) in [5, 5.41) is 5.62. The van der Waals surface area contributed by atoms with E-state index in [2.05, 4.69) is 26.5 Å². The number of halogens is 4. The fourth-order valence-electron chi connectivity index (χ4n) is 1.69. The van der Waals surface area contributed by atoms with Gasteiger partial charge in [-0.1, -0.05) is 12.1 Å². The van der Waals surface area contributed by atoms with Gasteiger partial charge in [0.25, 0.3) is 0 Å². The number of anilines is 1. The van der Waals surface area contributed by atoms with Crippen LogP contribution in [-0.2, 0) is 4.79 Å². The summed E-state index contributed by atoms with van der Waals surface area (Å²) in [5.41, 5.74) is 3.24. The number of nitrogens with zero attached hydrogens (tertiary/aromatic N) is 1. The summed E-state index contributed by atoms with van der Waals surface area (Å²) in [5.74, 6) is -2.55. The van der Waals surface area contributed by atoms with Crippen LogP contribution in [0, 0.1) is 0 Å². The molecule has 0 unspecified atom stereocenters. The van der Waals surface area contributed by atoms with Gasteiger partial charge in [-0.2, -0.15) is 18.3 Å². The Hall–Kier alpha value is -2.62. The molecule has 0 aliphatic heterocycles. The van der Waals surface area contributed by atoms with Crippen LogP contribution in [0.2, 0.25) is 0 Å². The van der Waals surface area contributed by atoms with Gasteiger partial charge in [0, 0.05) is 5.69 Å². The highest BCUT2D eigenvalue weighted by molar-refractivity contribution is 9.10. The Morgan fingerprint density at radius 1 is 1.12 bits per heavy atom. The Balaban J connectivity index is 2.01. The van der Waals surface area contributed by atoms with E-state index in [4.69, 9.17) is 4.42 Å². The average molecular weight is 418 g/mol. The molecule has 0 spiro atoms. The number of alkyl halides is 3. The van der Waals surface area contributed by atoms with Crippen molar-refractivity contribution in [2.45, 2.75) is 13.1 Å². The van der Waals surface area contributed by atoms with E-state index in [1.165, 1.54) is 30.3 Å². The Morgan fingerprint density at radius 3 is 2.28 bits per heavy atom. The van der Waals surface area contributed by atoms with E-state index in [1.807, 2.05) is 0 Å². The molecule has 1 aromatic heterocycles. The number of carbonyl (C=O) groups is 2. The van der Waals surface area contributed by atoms with Crippen LogP contribution < -0.4 is 10.7 Å². The van der Waals surface area contributed by atoms with Gasteiger partial charge in [0.1, 0.15) is 0 Å². The number of benzene rings is 1. The number of nitrogens with one attached hydrogen (secondary N) is 2. The second-order valence-corrected chi connectivity index (χ2v) is 5.55. The third-order valence-electron chi connectivity index (χ3n) is 2.94. The lowest BCUT2D eigenvalue weighted by Crippen LogP contribution is -2.29. The molecule has 1 heterocycles. The number of carbonyl (C=O) groups excluding carboxylic acids is 2. The van der Waals surface area contributed by atoms with Crippen molar-refractivity contribution in [2.24, 2.45) is 5.10 Å². The molecule has 2 rings (SSSR count). The average Bonchev–Trinajstić information content (AvgIpc) is 2.98. The number of hydrogen-bond acceptors (Lipinski definition) is 4. The van der Waals surface area contributed by atoms with Crippen LogP contribution >= 0.6 is 15.9 Å². The second-order valence-electron chi connectivity index (χ2n) is 4.77. The first-order valence-electron chi connectivity index (χ1n) is 6.75. The summed E-state index contributed by atoms with van der Waals surface area (Å²) in [6, 6.07) is 8.52. The molecule has 0 saturated carbocycles. The molecule has 2 N–H and O–H groups in total. The van der Waals surface area contributed by atoms with Gasteiger partial charge in [-0.15, -0.1) is 0 Å². The minimum absolute atomic E-state index is 0.0108. The van der Waals surface area contributed by atoms with Crippen LogP contribution in [0.25, 0.3) is 0 Å². The van der Waals surface area contributed by atoms with Gasteiger partial charge in [-0.3, -0.25) is 9.59 Å². The van der Waals surface area contributed by atoms with E-state index in [0.29, 0.717) is 15.9 Å². The molecule has 0 radical (unpaired) electrons. The molecule has 0 atom stereocenters. The van der Waals surface area contributed by atoms with Gasteiger partial charge in [0.05, 0.1) is 5.71 Å². The molecule has 0 bridgehead atoms. The first-order valence-corrected chi connectivity index (χ1v) is 7.54. The summed E-state index contributed by atoms with van der Waals surface area (Å²) >= 11 is 3.07. The quantitative estimate of drug-likeness (QED) is 0.587. The Kier molecular flexibility index (Phi) is 5.62. The first kappa shape index (κ1) is 18.7. The number of furan rings is 1. The van der Waals surface area contributed by atoms with E-state index in [-0.39, 0.29) is 11.4 Å². The van der Waals surface area contributed by atoms with Gasteiger partial charge >= 0.3 is 18.0 Å². The molecular formula is C15H11BrF3N3O3. The molecule has 132 valence electrons. The normalized spacial score (nSPS) is 12.0. The van der Waals surface area contributed by atoms with Crippen LogP contribution in [-0.4, -0.2) is 23.7 Å². The minimum Gasteiger partial charge on any atom is -0.444 e. The fourth-order valence-corrected chi connectivity index (χ4v) is 1.99. The van der Waals surface area contributed by atoms with Crippen molar-refractivity contribution in [1.82, 2.24) is 5.43 Å². The minimum atomic E-state index is -4.96. The Labute approximate surface area is 148 Å². The third kappa shape index (κ3) is 5.18. The summed E-state index contributed by atoms with van der Waals surface area (Å²) in [6.07, 6.45) is -4.96. The number of hydrogen-bond donors (Lipinski definition) is 2. The van der Waals surface area contributed by atoms with Crippen molar-refractivity contribution in [3.05, 3.63) is 52.4 Å². The molecule has 2 aromatic rings. The van der Waals surface area contributed by atoms with Gasteiger partial charge in [0.2, 0.25) is 0 Å². The van der Waals surface area contributed by atoms with Crippen molar-refractivity contribution in [1.29, 1.82) is 0 Å². The first-order chi connectivity index (χ1) is 11.7. The highest BCUT2D eigenvalue weighted by atomic mass is 79.9. The van der Waals surface area contributed by atoms with Crippen LogP contribution in [0.1, 0.15) is 23.0 Å². The van der Waals surface area contributed by atoms with E-state index in [1.54, 1.807) is 18.3 Å². The molecule has 6 nitrogen and oxygen atoms in total. The molecule has 10 heteroatoms. The van der Waals surface area contributed by atoms with Gasteiger partial charge in [0.15, 0.2) is 10.4 Å². The van der Waals surface area contributed by atoms with E-state index < -0.39 is 18.0 Å². The lowest BCUT2D eigenvalue weighted by atomic mass is 10.1. The molecule has 0 aliphatic carbocycles. The molecule has 0 saturated heterocycles. The van der Waals surface area contributed by atoms with Crippen molar-refractivity contribution >= 4 is 39.1 Å². The Morgan fingerprint density at radius 2 is 1.76 bits per heavy atom. The van der Waals surface area contributed by atoms with E-state index in [9.17, 15) is 22.8 Å².